The second-order valence-corrected chi connectivity index (χ2v) is 8.48. The van der Waals surface area contributed by atoms with Crippen LogP contribution in [-0.2, 0) is 18.2 Å². The number of fused-ring (bicyclic) bond motifs is 2. The van der Waals surface area contributed by atoms with Gasteiger partial charge in [0.25, 0.3) is 5.56 Å². The van der Waals surface area contributed by atoms with Crippen LogP contribution in [0.3, 0.4) is 0 Å². The van der Waals surface area contributed by atoms with Crippen molar-refractivity contribution in [2.75, 3.05) is 18.6 Å². The number of aromatic nitrogens is 5. The van der Waals surface area contributed by atoms with Crippen LogP contribution in [0.1, 0.15) is 28.2 Å². The van der Waals surface area contributed by atoms with Crippen molar-refractivity contribution in [2.24, 2.45) is 7.05 Å². The van der Waals surface area contributed by atoms with Crippen molar-refractivity contribution >= 4 is 40.0 Å². The SMILES string of the molecule is COC(=O)c1ccc(-c2ncc3c(n2)CCCN3c2nc(Cl)cc3c2cc(C)c(=O)n3C)cn1. The molecule has 0 aliphatic carbocycles. The van der Waals surface area contributed by atoms with Crippen molar-refractivity contribution in [3.05, 3.63) is 69.1 Å². The number of pyridine rings is 3. The molecular formula is C24H21ClN6O3. The molecule has 1 aliphatic heterocycles. The third kappa shape index (κ3) is 3.67. The molecule has 0 unspecified atom stereocenters. The lowest BCUT2D eigenvalue weighted by molar-refractivity contribution is 0.0594. The van der Waals surface area contributed by atoms with E-state index in [4.69, 9.17) is 21.3 Å². The van der Waals surface area contributed by atoms with Crippen LogP contribution in [0.25, 0.3) is 22.3 Å². The number of esters is 1. The minimum absolute atomic E-state index is 0.0698. The molecule has 34 heavy (non-hydrogen) atoms. The number of nitrogens with zero attached hydrogens (tertiary/aromatic N) is 6. The van der Waals surface area contributed by atoms with Gasteiger partial charge < -0.3 is 14.2 Å². The standard InChI is InChI=1S/C24H21ClN6O3/c1-13-9-15-18(30(2)23(13)32)10-20(25)29-22(15)31-8-4-5-16-19(31)12-27-21(28-16)14-6-7-17(26-11-14)24(33)34-3/h6-7,9-12H,4-5,8H2,1-3H3. The molecule has 4 aromatic heterocycles. The van der Waals surface area contributed by atoms with Gasteiger partial charge in [-0.05, 0) is 38.0 Å². The number of carbonyl (C=O) groups is 1. The molecule has 0 amide bonds. The second-order valence-electron chi connectivity index (χ2n) is 8.10. The van der Waals surface area contributed by atoms with Gasteiger partial charge in [-0.1, -0.05) is 11.6 Å². The Balaban J connectivity index is 1.59. The quantitative estimate of drug-likeness (QED) is 0.326. The van der Waals surface area contributed by atoms with Crippen LogP contribution >= 0.6 is 11.6 Å². The Bertz CT molecular complexity index is 1500. The predicted molar refractivity (Wildman–Crippen MR) is 129 cm³/mol. The van der Waals surface area contributed by atoms with Crippen molar-refractivity contribution in [2.45, 2.75) is 19.8 Å². The van der Waals surface area contributed by atoms with E-state index < -0.39 is 5.97 Å². The van der Waals surface area contributed by atoms with Crippen LogP contribution in [0.15, 0.2) is 41.5 Å². The van der Waals surface area contributed by atoms with Gasteiger partial charge in [0, 0.05) is 42.4 Å². The Kier molecular flexibility index (Phi) is 5.49. The lowest BCUT2D eigenvalue weighted by Gasteiger charge is -2.30. The minimum atomic E-state index is -0.498. The van der Waals surface area contributed by atoms with E-state index in [-0.39, 0.29) is 11.3 Å². The Hall–Kier alpha value is -3.85. The Morgan fingerprint density at radius 2 is 1.97 bits per heavy atom. The molecule has 9 nitrogen and oxygen atoms in total. The summed E-state index contributed by atoms with van der Waals surface area (Å²) in [5.74, 6) is 0.691. The molecule has 0 radical (unpaired) electrons. The molecule has 0 N–H and O–H groups in total. The van der Waals surface area contributed by atoms with Crippen molar-refractivity contribution in [1.29, 1.82) is 0 Å². The van der Waals surface area contributed by atoms with E-state index in [1.54, 1.807) is 49.1 Å². The van der Waals surface area contributed by atoms with Crippen LogP contribution in [0, 0.1) is 6.92 Å². The lowest BCUT2D eigenvalue weighted by Crippen LogP contribution is -2.27. The summed E-state index contributed by atoms with van der Waals surface area (Å²) in [7, 11) is 3.05. The summed E-state index contributed by atoms with van der Waals surface area (Å²) in [5, 5.41) is 1.14. The van der Waals surface area contributed by atoms with Gasteiger partial charge in [0.15, 0.2) is 5.82 Å². The van der Waals surface area contributed by atoms with Crippen molar-refractivity contribution < 1.29 is 9.53 Å². The van der Waals surface area contributed by atoms with Gasteiger partial charge in [0.1, 0.15) is 16.7 Å². The molecule has 5 rings (SSSR count). The molecule has 1 aliphatic rings. The van der Waals surface area contributed by atoms with Crippen LogP contribution < -0.4 is 10.5 Å². The van der Waals surface area contributed by atoms with Crippen LogP contribution in [0.2, 0.25) is 5.15 Å². The number of carbonyl (C=O) groups excluding carboxylic acids is 1. The molecule has 0 fully saturated rings. The van der Waals surface area contributed by atoms with Crippen LogP contribution in [0.5, 0.6) is 0 Å². The zero-order valence-electron chi connectivity index (χ0n) is 18.9. The van der Waals surface area contributed by atoms with E-state index in [9.17, 15) is 9.59 Å². The van der Waals surface area contributed by atoms with Gasteiger partial charge in [-0.15, -0.1) is 0 Å². The highest BCUT2D eigenvalue weighted by molar-refractivity contribution is 6.30. The first-order valence-electron chi connectivity index (χ1n) is 10.7. The van der Waals surface area contributed by atoms with E-state index in [0.717, 1.165) is 36.2 Å². The van der Waals surface area contributed by atoms with Crippen LogP contribution in [-0.4, -0.2) is 44.1 Å². The minimum Gasteiger partial charge on any atom is -0.464 e. The average molecular weight is 477 g/mol. The Labute approximate surface area is 200 Å². The molecule has 0 aromatic carbocycles. The second kappa shape index (κ2) is 8.49. The van der Waals surface area contributed by atoms with Gasteiger partial charge in [0.2, 0.25) is 0 Å². The molecule has 5 heterocycles. The fraction of sp³-hybridized carbons (Fsp3) is 0.250. The highest BCUT2D eigenvalue weighted by atomic mass is 35.5. The topological polar surface area (TPSA) is 103 Å². The monoisotopic (exact) mass is 476 g/mol. The number of anilines is 2. The molecule has 4 aromatic rings. The maximum atomic E-state index is 12.5. The van der Waals surface area contributed by atoms with Gasteiger partial charge >= 0.3 is 5.97 Å². The van der Waals surface area contributed by atoms with Crippen molar-refractivity contribution in [1.82, 2.24) is 24.5 Å². The highest BCUT2D eigenvalue weighted by Crippen LogP contribution is 2.36. The molecular weight excluding hydrogens is 456 g/mol. The van der Waals surface area contributed by atoms with Crippen molar-refractivity contribution in [3.63, 3.8) is 0 Å². The third-order valence-corrected chi connectivity index (χ3v) is 6.15. The van der Waals surface area contributed by atoms with Crippen molar-refractivity contribution in [3.8, 4) is 11.4 Å². The normalized spacial score (nSPS) is 13.1. The molecule has 172 valence electrons. The fourth-order valence-corrected chi connectivity index (χ4v) is 4.41. The van der Waals surface area contributed by atoms with Crippen LogP contribution in [0.4, 0.5) is 11.5 Å². The molecule has 0 atom stereocenters. The van der Waals surface area contributed by atoms with E-state index in [2.05, 4.69) is 19.9 Å². The summed E-state index contributed by atoms with van der Waals surface area (Å²) in [6.07, 6.45) is 4.98. The Morgan fingerprint density at radius 1 is 1.15 bits per heavy atom. The average Bonchev–Trinajstić information content (AvgIpc) is 2.86. The number of rotatable bonds is 3. The molecule has 10 heteroatoms. The van der Waals surface area contributed by atoms with E-state index in [1.807, 2.05) is 6.07 Å². The van der Waals surface area contributed by atoms with E-state index in [1.165, 1.54) is 7.11 Å². The fourth-order valence-electron chi connectivity index (χ4n) is 4.23. The molecule has 0 saturated heterocycles. The largest absolute Gasteiger partial charge is 0.464 e. The summed E-state index contributed by atoms with van der Waals surface area (Å²) in [5.41, 5.74) is 3.92. The highest BCUT2D eigenvalue weighted by Gasteiger charge is 2.25. The first-order chi connectivity index (χ1) is 16.4. The molecule has 0 spiro atoms. The number of hydrogen-bond donors (Lipinski definition) is 0. The summed E-state index contributed by atoms with van der Waals surface area (Å²) >= 11 is 6.36. The van der Waals surface area contributed by atoms with Gasteiger partial charge in [-0.3, -0.25) is 4.79 Å². The van der Waals surface area contributed by atoms with Gasteiger partial charge in [0.05, 0.1) is 30.2 Å². The summed E-state index contributed by atoms with van der Waals surface area (Å²) < 4.78 is 6.29. The summed E-state index contributed by atoms with van der Waals surface area (Å²) in [6, 6.07) is 6.90. The number of methoxy groups -OCH3 is 1. The molecule has 0 saturated carbocycles. The predicted octanol–water partition coefficient (Wildman–Crippen LogP) is 3.62. The third-order valence-electron chi connectivity index (χ3n) is 5.95. The van der Waals surface area contributed by atoms with E-state index >= 15 is 0 Å². The Morgan fingerprint density at radius 3 is 2.71 bits per heavy atom. The number of aryl methyl sites for hydroxylation is 3. The zero-order chi connectivity index (χ0) is 24.0. The summed E-state index contributed by atoms with van der Waals surface area (Å²) in [6.45, 7) is 2.51. The maximum absolute atomic E-state index is 12.5. The van der Waals surface area contributed by atoms with Gasteiger partial charge in [-0.25, -0.2) is 24.7 Å². The smallest absolute Gasteiger partial charge is 0.356 e. The number of halogens is 1. The first kappa shape index (κ1) is 22.0. The first-order valence-corrected chi connectivity index (χ1v) is 11.1. The van der Waals surface area contributed by atoms with E-state index in [0.29, 0.717) is 33.4 Å². The zero-order valence-corrected chi connectivity index (χ0v) is 19.6. The number of ether oxygens (including phenoxy) is 1. The lowest BCUT2D eigenvalue weighted by atomic mass is 10.1. The molecule has 0 bridgehead atoms. The maximum Gasteiger partial charge on any atom is 0.356 e. The van der Waals surface area contributed by atoms with Gasteiger partial charge in [-0.2, -0.15) is 0 Å². The number of hydrogen-bond acceptors (Lipinski definition) is 8. The summed E-state index contributed by atoms with van der Waals surface area (Å²) in [4.78, 5) is 44.3.